The summed E-state index contributed by atoms with van der Waals surface area (Å²) in [6.07, 6.45) is 10.3. The summed E-state index contributed by atoms with van der Waals surface area (Å²) in [7, 11) is 0. The number of hydrogen-bond acceptors (Lipinski definition) is 2. The summed E-state index contributed by atoms with van der Waals surface area (Å²) in [5.41, 5.74) is 6.40. The van der Waals surface area contributed by atoms with Gasteiger partial charge in [-0.2, -0.15) is 0 Å². The molecule has 1 aliphatic heterocycles. The van der Waals surface area contributed by atoms with Gasteiger partial charge in [0.1, 0.15) is 5.76 Å². The molecule has 1 aliphatic carbocycles. The first-order valence-electron chi connectivity index (χ1n) is 5.88. The predicted octanol–water partition coefficient (Wildman–Crippen LogP) is 3.24. The Morgan fingerprint density at radius 3 is 2.83 bits per heavy atom. The fourth-order valence-corrected chi connectivity index (χ4v) is 2.24. The molecule has 4 nitrogen and oxygen atoms in total. The Kier molecular flexibility index (Phi) is 2.55. The summed E-state index contributed by atoms with van der Waals surface area (Å²) in [6, 6.07) is 3.58. The fraction of sp³-hybridized carbons (Fsp3) is 0.214. The van der Waals surface area contributed by atoms with Crippen molar-refractivity contribution in [1.29, 1.82) is 0 Å². The molecular weight excluding hydrogens is 228 g/mol. The van der Waals surface area contributed by atoms with Gasteiger partial charge in [0, 0.05) is 6.92 Å². The molecule has 18 heavy (non-hydrogen) atoms. The van der Waals surface area contributed by atoms with Gasteiger partial charge in [0.2, 0.25) is 5.91 Å². The second-order valence-electron chi connectivity index (χ2n) is 4.32. The zero-order chi connectivity index (χ0) is 12.5. The van der Waals surface area contributed by atoms with Gasteiger partial charge in [-0.15, -0.1) is 5.70 Å². The molecule has 0 radical (unpaired) electrons. The summed E-state index contributed by atoms with van der Waals surface area (Å²) in [5.74, 6) is 0.702. The van der Waals surface area contributed by atoms with Crippen molar-refractivity contribution in [2.24, 2.45) is 0 Å². The van der Waals surface area contributed by atoms with Crippen LogP contribution in [-0.2, 0) is 4.79 Å². The summed E-state index contributed by atoms with van der Waals surface area (Å²) in [4.78, 5) is 11.6. The third-order valence-electron chi connectivity index (χ3n) is 3.10. The van der Waals surface area contributed by atoms with Crippen molar-refractivity contribution >= 4 is 5.91 Å². The van der Waals surface area contributed by atoms with Crippen molar-refractivity contribution in [3.8, 4) is 0 Å². The highest BCUT2D eigenvalue weighted by Gasteiger charge is 2.25. The Bertz CT molecular complexity index is 538. The Hall–Kier alpha value is -2.23. The van der Waals surface area contributed by atoms with Crippen LogP contribution >= 0.6 is 0 Å². The lowest BCUT2D eigenvalue weighted by Crippen LogP contribution is -2.23. The van der Waals surface area contributed by atoms with Gasteiger partial charge >= 0.3 is 0 Å². The smallest absolute Gasteiger partial charge is 0.206 e. The number of carbonyl (C=O) groups excluding carboxylic acids is 1. The number of furan rings is 1. The molecule has 1 aromatic heterocycles. The van der Waals surface area contributed by atoms with Crippen molar-refractivity contribution in [2.75, 3.05) is 0 Å². The van der Waals surface area contributed by atoms with Crippen LogP contribution in [0.2, 0.25) is 0 Å². The average Bonchev–Trinajstić information content (AvgIpc) is 3.10. The lowest BCUT2D eigenvalue weighted by molar-refractivity contribution is -0.128. The van der Waals surface area contributed by atoms with Crippen molar-refractivity contribution in [1.82, 2.24) is 5.01 Å². The van der Waals surface area contributed by atoms with E-state index in [2.05, 4.69) is 5.43 Å². The molecule has 92 valence electrons. The van der Waals surface area contributed by atoms with E-state index in [0.717, 1.165) is 17.0 Å². The molecular formula is C14H13N2O2-. The Labute approximate surface area is 105 Å². The van der Waals surface area contributed by atoms with Crippen LogP contribution in [0.3, 0.4) is 0 Å². The number of rotatable bonds is 1. The monoisotopic (exact) mass is 241 g/mol. The van der Waals surface area contributed by atoms with Crippen LogP contribution in [-0.4, -0.2) is 10.9 Å². The molecule has 0 N–H and O–H groups in total. The Morgan fingerprint density at radius 2 is 2.22 bits per heavy atom. The van der Waals surface area contributed by atoms with E-state index in [1.165, 1.54) is 11.9 Å². The molecule has 0 bridgehead atoms. The zero-order valence-corrected chi connectivity index (χ0v) is 10.0. The SMILES string of the molecule is CC(=O)N1[N-]C(=C2C=CC=C2)CC1c1ccco1. The van der Waals surface area contributed by atoms with Crippen LogP contribution < -0.4 is 0 Å². The van der Waals surface area contributed by atoms with Crippen molar-refractivity contribution in [3.05, 3.63) is 65.2 Å². The molecule has 1 atom stereocenters. The highest BCUT2D eigenvalue weighted by atomic mass is 16.3. The first-order valence-corrected chi connectivity index (χ1v) is 5.88. The highest BCUT2D eigenvalue weighted by Crippen LogP contribution is 2.42. The van der Waals surface area contributed by atoms with Crippen LogP contribution in [0.1, 0.15) is 25.1 Å². The first kappa shape index (κ1) is 10.9. The number of amides is 1. The molecule has 0 spiro atoms. The van der Waals surface area contributed by atoms with Gasteiger partial charge in [-0.05, 0) is 24.1 Å². The van der Waals surface area contributed by atoms with E-state index < -0.39 is 0 Å². The van der Waals surface area contributed by atoms with Crippen molar-refractivity contribution < 1.29 is 9.21 Å². The van der Waals surface area contributed by atoms with Gasteiger partial charge in [0.25, 0.3) is 0 Å². The minimum atomic E-state index is -0.123. The minimum absolute atomic E-state index is 0.0713. The molecule has 1 unspecified atom stereocenters. The van der Waals surface area contributed by atoms with Gasteiger partial charge in [-0.1, -0.05) is 24.3 Å². The van der Waals surface area contributed by atoms with Gasteiger partial charge in [0.15, 0.2) is 0 Å². The van der Waals surface area contributed by atoms with Gasteiger partial charge in [0.05, 0.1) is 12.3 Å². The summed E-state index contributed by atoms with van der Waals surface area (Å²) < 4.78 is 5.40. The molecule has 0 aromatic carbocycles. The standard InChI is InChI=1S/C14H13N2O2/c1-10(17)16-13(14-7-4-8-18-14)9-12(15-16)11-5-2-3-6-11/h2-8,13H,9H2,1H3/q-1. The third kappa shape index (κ3) is 1.76. The molecule has 1 fully saturated rings. The highest BCUT2D eigenvalue weighted by molar-refractivity contribution is 5.76. The molecule has 2 heterocycles. The quantitative estimate of drug-likeness (QED) is 0.757. The normalized spacial score (nSPS) is 21.8. The molecule has 4 heteroatoms. The summed E-state index contributed by atoms with van der Waals surface area (Å²) in [5, 5.41) is 1.50. The largest absolute Gasteiger partial charge is 0.595 e. The van der Waals surface area contributed by atoms with Crippen molar-refractivity contribution in [3.63, 3.8) is 0 Å². The minimum Gasteiger partial charge on any atom is -0.595 e. The van der Waals surface area contributed by atoms with E-state index in [4.69, 9.17) is 4.42 Å². The summed E-state index contributed by atoms with van der Waals surface area (Å²) >= 11 is 0. The van der Waals surface area contributed by atoms with Gasteiger partial charge < -0.3 is 14.9 Å². The van der Waals surface area contributed by atoms with Crippen LogP contribution in [0.4, 0.5) is 0 Å². The Balaban J connectivity index is 1.94. The van der Waals surface area contributed by atoms with Crippen LogP contribution in [0.5, 0.6) is 0 Å². The maximum atomic E-state index is 11.6. The predicted molar refractivity (Wildman–Crippen MR) is 67.3 cm³/mol. The van der Waals surface area contributed by atoms with Crippen molar-refractivity contribution in [2.45, 2.75) is 19.4 Å². The number of nitrogens with zero attached hydrogens (tertiary/aromatic N) is 2. The topological polar surface area (TPSA) is 47.6 Å². The van der Waals surface area contributed by atoms with E-state index in [0.29, 0.717) is 6.42 Å². The van der Waals surface area contributed by atoms with E-state index in [-0.39, 0.29) is 11.9 Å². The average molecular weight is 241 g/mol. The van der Waals surface area contributed by atoms with E-state index in [9.17, 15) is 4.79 Å². The molecule has 1 aromatic rings. The van der Waals surface area contributed by atoms with Gasteiger partial charge in [-0.3, -0.25) is 4.79 Å². The molecule has 3 rings (SSSR count). The van der Waals surface area contributed by atoms with E-state index in [1.807, 2.05) is 36.4 Å². The Morgan fingerprint density at radius 1 is 1.44 bits per heavy atom. The maximum absolute atomic E-state index is 11.6. The molecule has 2 aliphatic rings. The molecule has 0 saturated carbocycles. The second kappa shape index (κ2) is 4.22. The van der Waals surface area contributed by atoms with Crippen LogP contribution in [0, 0.1) is 0 Å². The zero-order valence-electron chi connectivity index (χ0n) is 10.0. The van der Waals surface area contributed by atoms with Gasteiger partial charge in [-0.25, -0.2) is 0 Å². The lowest BCUT2D eigenvalue weighted by Gasteiger charge is -2.33. The first-order chi connectivity index (χ1) is 8.75. The number of allylic oxidation sites excluding steroid dienone is 5. The maximum Gasteiger partial charge on any atom is 0.206 e. The molecule has 1 amide bonds. The summed E-state index contributed by atoms with van der Waals surface area (Å²) in [6.45, 7) is 1.52. The van der Waals surface area contributed by atoms with Crippen LogP contribution in [0.25, 0.3) is 5.43 Å². The van der Waals surface area contributed by atoms with E-state index >= 15 is 0 Å². The van der Waals surface area contributed by atoms with E-state index in [1.54, 1.807) is 6.26 Å². The molecule has 1 saturated heterocycles. The number of carbonyl (C=O) groups is 1. The van der Waals surface area contributed by atoms with Crippen LogP contribution in [0.15, 0.2) is 58.4 Å². The lowest BCUT2D eigenvalue weighted by atomic mass is 10.1. The third-order valence-corrected chi connectivity index (χ3v) is 3.10. The number of hydrogen-bond donors (Lipinski definition) is 0. The fourth-order valence-electron chi connectivity index (χ4n) is 2.24. The second-order valence-corrected chi connectivity index (χ2v) is 4.32.